The largest absolute Gasteiger partial charge is 0.725 e. The van der Waals surface area contributed by atoms with Crippen LogP contribution in [0.3, 0.4) is 0 Å². The molecule has 0 radical (unpaired) electrons. The molecule has 0 aromatic carbocycles. The van der Waals surface area contributed by atoms with Crippen LogP contribution in [0, 0.1) is 0 Å². The van der Waals surface area contributed by atoms with Crippen molar-refractivity contribution in [3.8, 4) is 0 Å². The first-order chi connectivity index (χ1) is 15.0. The molecule has 0 spiro atoms. The lowest BCUT2D eigenvalue weighted by atomic mass is 10.1. The van der Waals surface area contributed by atoms with E-state index < -0.39 is 7.32 Å². The molecule has 3 unspecified atom stereocenters. The minimum Gasteiger partial charge on any atom is -0.244 e. The Morgan fingerprint density at radius 2 is 0.742 bits per heavy atom. The quantitative estimate of drug-likeness (QED) is 0.0650. The van der Waals surface area contributed by atoms with Crippen molar-refractivity contribution in [1.29, 1.82) is 0 Å². The SMILES string of the molecule is CCCCCCC(C)OOB(OOC(C)CCCCCC)OOC(C)CCCCCC. The van der Waals surface area contributed by atoms with Crippen LogP contribution in [0.5, 0.6) is 0 Å². The standard InChI is InChI=1S/C24H51BO6/c1-7-10-13-16-19-22(4)26-29-25(30-27-23(5)20-17-14-11-8-2)31-28-24(6)21-18-15-12-9-3/h22-24H,7-21H2,1-6H3. The number of unbranched alkanes of at least 4 members (excludes halogenated alkanes) is 9. The molecule has 0 heterocycles. The lowest BCUT2D eigenvalue weighted by molar-refractivity contribution is -0.372. The molecule has 0 rings (SSSR count). The van der Waals surface area contributed by atoms with E-state index in [1.807, 2.05) is 20.8 Å². The van der Waals surface area contributed by atoms with Gasteiger partial charge in [0.1, 0.15) is 0 Å². The summed E-state index contributed by atoms with van der Waals surface area (Å²) in [6.07, 6.45) is 17.0. The Balaban J connectivity index is 4.29. The Kier molecular flexibility index (Phi) is 22.9. The van der Waals surface area contributed by atoms with Crippen molar-refractivity contribution in [2.45, 2.75) is 156 Å². The Bertz CT molecular complexity index is 309. The Labute approximate surface area is 193 Å². The summed E-state index contributed by atoms with van der Waals surface area (Å²) in [6, 6.07) is 0. The second kappa shape index (κ2) is 23.0. The van der Waals surface area contributed by atoms with E-state index in [1.54, 1.807) is 0 Å². The van der Waals surface area contributed by atoms with Gasteiger partial charge in [0, 0.05) is 0 Å². The third-order valence-corrected chi connectivity index (χ3v) is 5.29. The van der Waals surface area contributed by atoms with E-state index in [2.05, 4.69) is 20.8 Å². The van der Waals surface area contributed by atoms with E-state index in [0.29, 0.717) is 0 Å². The predicted octanol–water partition coefficient (Wildman–Crippen LogP) is 7.89. The average molecular weight is 446 g/mol. The van der Waals surface area contributed by atoms with Crippen LogP contribution < -0.4 is 0 Å². The third-order valence-electron chi connectivity index (χ3n) is 5.29. The van der Waals surface area contributed by atoms with Crippen LogP contribution in [0.2, 0.25) is 0 Å². The smallest absolute Gasteiger partial charge is 0.244 e. The Morgan fingerprint density at radius 1 is 0.452 bits per heavy atom. The fraction of sp³-hybridized carbons (Fsp3) is 1.00. The van der Waals surface area contributed by atoms with Crippen LogP contribution in [0.4, 0.5) is 0 Å². The van der Waals surface area contributed by atoms with E-state index in [9.17, 15) is 0 Å². The second-order valence-electron chi connectivity index (χ2n) is 8.85. The van der Waals surface area contributed by atoms with Crippen LogP contribution in [0.15, 0.2) is 0 Å². The zero-order chi connectivity index (χ0) is 23.2. The molecule has 0 aromatic heterocycles. The minimum atomic E-state index is -1.17. The van der Waals surface area contributed by atoms with E-state index in [-0.39, 0.29) is 18.3 Å². The third kappa shape index (κ3) is 21.4. The van der Waals surface area contributed by atoms with Gasteiger partial charge in [-0.3, -0.25) is 0 Å². The van der Waals surface area contributed by atoms with Gasteiger partial charge in [0.2, 0.25) is 0 Å². The molecule has 0 saturated heterocycles. The lowest BCUT2D eigenvalue weighted by Gasteiger charge is -2.19. The van der Waals surface area contributed by atoms with E-state index in [1.165, 1.54) is 57.8 Å². The first-order valence-electron chi connectivity index (χ1n) is 13.0. The van der Waals surface area contributed by atoms with Gasteiger partial charge in [-0.05, 0) is 40.0 Å². The van der Waals surface area contributed by atoms with Crippen LogP contribution >= 0.6 is 0 Å². The minimum absolute atomic E-state index is 0.0514. The number of hydrogen-bond donors (Lipinski definition) is 0. The molecule has 0 amide bonds. The molecular weight excluding hydrogens is 395 g/mol. The van der Waals surface area contributed by atoms with Gasteiger partial charge in [-0.1, -0.05) is 97.8 Å². The van der Waals surface area contributed by atoms with Crippen LogP contribution in [0.25, 0.3) is 0 Å². The first kappa shape index (κ1) is 30.8. The van der Waals surface area contributed by atoms with Crippen molar-refractivity contribution in [2.24, 2.45) is 0 Å². The summed E-state index contributed by atoms with van der Waals surface area (Å²) in [5.74, 6) is 0. The summed E-state index contributed by atoms with van der Waals surface area (Å²) in [6.45, 7) is 12.6. The summed E-state index contributed by atoms with van der Waals surface area (Å²) in [5, 5.41) is 0. The van der Waals surface area contributed by atoms with Crippen molar-refractivity contribution in [3.05, 3.63) is 0 Å². The molecule has 7 heteroatoms. The average Bonchev–Trinajstić information content (AvgIpc) is 2.76. The highest BCUT2D eigenvalue weighted by Gasteiger charge is 2.30. The molecule has 3 atom stereocenters. The normalized spacial score (nSPS) is 14.5. The summed E-state index contributed by atoms with van der Waals surface area (Å²) in [4.78, 5) is 32.5. The van der Waals surface area contributed by atoms with Gasteiger partial charge in [-0.2, -0.15) is 0 Å². The highest BCUT2D eigenvalue weighted by molar-refractivity contribution is 6.35. The molecule has 0 aromatic rings. The fourth-order valence-corrected chi connectivity index (χ4v) is 3.19. The highest BCUT2D eigenvalue weighted by atomic mass is 17.3. The zero-order valence-electron chi connectivity index (χ0n) is 21.4. The predicted molar refractivity (Wildman–Crippen MR) is 127 cm³/mol. The summed E-state index contributed by atoms with van der Waals surface area (Å²) < 4.78 is 0. The van der Waals surface area contributed by atoms with Gasteiger partial charge in [0.25, 0.3) is 0 Å². The van der Waals surface area contributed by atoms with Gasteiger partial charge >= 0.3 is 7.32 Å². The number of hydrogen-bond acceptors (Lipinski definition) is 6. The molecule has 0 N–H and O–H groups in total. The molecule has 0 aliphatic carbocycles. The first-order valence-corrected chi connectivity index (χ1v) is 13.0. The van der Waals surface area contributed by atoms with Gasteiger partial charge in [-0.15, -0.1) is 0 Å². The molecular formula is C24H51BO6. The highest BCUT2D eigenvalue weighted by Crippen LogP contribution is 2.13. The van der Waals surface area contributed by atoms with E-state index >= 15 is 0 Å². The van der Waals surface area contributed by atoms with Crippen molar-refractivity contribution in [3.63, 3.8) is 0 Å². The molecule has 186 valence electrons. The molecule has 6 nitrogen and oxygen atoms in total. The molecule has 31 heavy (non-hydrogen) atoms. The summed E-state index contributed by atoms with van der Waals surface area (Å²) in [7, 11) is -1.17. The number of rotatable bonds is 24. The summed E-state index contributed by atoms with van der Waals surface area (Å²) in [5.41, 5.74) is 0. The van der Waals surface area contributed by atoms with Crippen molar-refractivity contribution >= 4 is 7.32 Å². The molecule has 0 aliphatic heterocycles. The Hall–Kier alpha value is -0.175. The van der Waals surface area contributed by atoms with Gasteiger partial charge < -0.3 is 0 Å². The van der Waals surface area contributed by atoms with Crippen LogP contribution in [-0.2, 0) is 29.1 Å². The summed E-state index contributed by atoms with van der Waals surface area (Å²) >= 11 is 0. The maximum atomic E-state index is 5.47. The molecule has 0 bridgehead atoms. The maximum Gasteiger partial charge on any atom is 0.725 e. The van der Waals surface area contributed by atoms with Crippen molar-refractivity contribution in [1.82, 2.24) is 0 Å². The monoisotopic (exact) mass is 446 g/mol. The van der Waals surface area contributed by atoms with Crippen molar-refractivity contribution in [2.75, 3.05) is 0 Å². The van der Waals surface area contributed by atoms with Gasteiger partial charge in [0.05, 0.1) is 18.3 Å². The van der Waals surface area contributed by atoms with Gasteiger partial charge in [0.15, 0.2) is 0 Å². The van der Waals surface area contributed by atoms with Crippen LogP contribution in [0.1, 0.15) is 138 Å². The second-order valence-corrected chi connectivity index (χ2v) is 8.85. The van der Waals surface area contributed by atoms with Gasteiger partial charge in [-0.25, -0.2) is 29.1 Å². The van der Waals surface area contributed by atoms with E-state index in [4.69, 9.17) is 29.1 Å². The zero-order valence-corrected chi connectivity index (χ0v) is 21.4. The topological polar surface area (TPSA) is 55.4 Å². The van der Waals surface area contributed by atoms with E-state index in [0.717, 1.165) is 38.5 Å². The van der Waals surface area contributed by atoms with Crippen LogP contribution in [-0.4, -0.2) is 25.6 Å². The lowest BCUT2D eigenvalue weighted by Crippen LogP contribution is -2.32. The Morgan fingerprint density at radius 3 is 1.00 bits per heavy atom. The van der Waals surface area contributed by atoms with Crippen molar-refractivity contribution < 1.29 is 29.1 Å². The maximum absolute atomic E-state index is 5.47. The fourth-order valence-electron chi connectivity index (χ4n) is 3.19. The molecule has 0 saturated carbocycles. The molecule has 0 aliphatic rings. The molecule has 0 fully saturated rings.